The zero-order valence-electron chi connectivity index (χ0n) is 16.1. The van der Waals surface area contributed by atoms with Gasteiger partial charge in [-0.25, -0.2) is 0 Å². The van der Waals surface area contributed by atoms with Crippen LogP contribution in [0.2, 0.25) is 0 Å². The normalized spacial score (nSPS) is 10.6. The summed E-state index contributed by atoms with van der Waals surface area (Å²) in [4.78, 5) is 0. The highest BCUT2D eigenvalue weighted by Crippen LogP contribution is 2.29. The fraction of sp³-hybridized carbons (Fsp3) is 0.103. The van der Waals surface area contributed by atoms with Gasteiger partial charge in [-0.15, -0.1) is 0 Å². The molecule has 0 heterocycles. The second-order valence-corrected chi connectivity index (χ2v) is 7.51. The lowest BCUT2D eigenvalue weighted by Crippen LogP contribution is -1.84. The van der Waals surface area contributed by atoms with Crippen LogP contribution in [0.1, 0.15) is 29.7 Å². The molecule has 0 aliphatic rings. The Bertz CT molecular complexity index is 1410. The van der Waals surface area contributed by atoms with Crippen molar-refractivity contribution < 1.29 is 0 Å². The van der Waals surface area contributed by atoms with Crippen LogP contribution in [-0.4, -0.2) is 0 Å². The summed E-state index contributed by atoms with van der Waals surface area (Å²) in [5.74, 6) is 6.54. The van der Waals surface area contributed by atoms with Crippen LogP contribution in [0.5, 0.6) is 0 Å². The molecule has 0 nitrogen and oxygen atoms in total. The molecule has 0 aliphatic carbocycles. The van der Waals surface area contributed by atoms with Gasteiger partial charge in [-0.05, 0) is 106 Å². The maximum absolute atomic E-state index is 3.29. The van der Waals surface area contributed by atoms with Gasteiger partial charge in [0, 0.05) is 11.1 Å². The van der Waals surface area contributed by atoms with Gasteiger partial charge in [0.1, 0.15) is 0 Å². The van der Waals surface area contributed by atoms with E-state index in [2.05, 4.69) is 80.3 Å². The molecule has 0 fully saturated rings. The van der Waals surface area contributed by atoms with Crippen molar-refractivity contribution in [3.63, 3.8) is 0 Å². The molecular formula is C29H24. The molecule has 29 heavy (non-hydrogen) atoms. The van der Waals surface area contributed by atoms with Crippen molar-refractivity contribution in [1.29, 1.82) is 0 Å². The molecule has 0 aliphatic heterocycles. The molecule has 0 spiro atoms. The van der Waals surface area contributed by atoms with Gasteiger partial charge in [0.15, 0.2) is 0 Å². The van der Waals surface area contributed by atoms with Crippen molar-refractivity contribution in [2.45, 2.75) is 21.3 Å². The summed E-state index contributed by atoms with van der Waals surface area (Å²) in [6.45, 7) is 4.36. The number of fused-ring (bicyclic) bond motifs is 3. The van der Waals surface area contributed by atoms with Crippen LogP contribution in [0.25, 0.3) is 32.3 Å². The number of rotatable bonds is 0. The maximum Gasteiger partial charge on any atom is 0.0255 e. The van der Waals surface area contributed by atoms with Gasteiger partial charge in [-0.1, -0.05) is 55.7 Å². The Kier molecular flexibility index (Phi) is 4.83. The van der Waals surface area contributed by atoms with E-state index in [4.69, 9.17) is 0 Å². The molecule has 0 saturated heterocycles. The predicted molar refractivity (Wildman–Crippen MR) is 128 cm³/mol. The summed E-state index contributed by atoms with van der Waals surface area (Å²) in [5.41, 5.74) is 4.77. The molecular weight excluding hydrogens is 348 g/mol. The zero-order chi connectivity index (χ0) is 19.1. The molecule has 5 aromatic rings. The van der Waals surface area contributed by atoms with Crippen LogP contribution in [0.3, 0.4) is 0 Å². The molecule has 0 N–H and O–H groups in total. The first-order chi connectivity index (χ1) is 13.7. The smallest absolute Gasteiger partial charge is 0.0255 e. The molecule has 140 valence electrons. The maximum atomic E-state index is 3.29. The van der Waals surface area contributed by atoms with Crippen molar-refractivity contribution in [1.82, 2.24) is 0 Å². The Balaban J connectivity index is 0.00000205. The minimum Gasteiger partial charge on any atom is -0.0776 e. The SMILES string of the molecule is C.Cc1cc2cc3cc4ccc(C#Cc5ccccc5)cc4cc3cc2cc1C. The summed E-state index contributed by atoms with van der Waals surface area (Å²) in [7, 11) is 0. The van der Waals surface area contributed by atoms with Crippen molar-refractivity contribution in [2.75, 3.05) is 0 Å². The Hall–Kier alpha value is -3.56. The van der Waals surface area contributed by atoms with Crippen molar-refractivity contribution in [2.24, 2.45) is 0 Å². The van der Waals surface area contributed by atoms with Crippen LogP contribution >= 0.6 is 0 Å². The van der Waals surface area contributed by atoms with E-state index < -0.39 is 0 Å². The third-order valence-corrected chi connectivity index (χ3v) is 5.49. The van der Waals surface area contributed by atoms with Gasteiger partial charge in [0.05, 0.1) is 0 Å². The first kappa shape index (κ1) is 18.8. The Morgan fingerprint density at radius 2 is 0.931 bits per heavy atom. The van der Waals surface area contributed by atoms with E-state index in [1.807, 2.05) is 30.3 Å². The predicted octanol–water partition coefficient (Wildman–Crippen LogP) is 7.80. The lowest BCUT2D eigenvalue weighted by atomic mass is 9.96. The molecule has 5 aromatic carbocycles. The highest BCUT2D eigenvalue weighted by atomic mass is 14.1. The van der Waals surface area contributed by atoms with Gasteiger partial charge in [0.25, 0.3) is 0 Å². The zero-order valence-corrected chi connectivity index (χ0v) is 16.1. The third kappa shape index (κ3) is 3.60. The van der Waals surface area contributed by atoms with Crippen LogP contribution in [0, 0.1) is 25.7 Å². The topological polar surface area (TPSA) is 0 Å². The van der Waals surface area contributed by atoms with Gasteiger partial charge in [-0.3, -0.25) is 0 Å². The molecule has 0 heteroatoms. The highest BCUT2D eigenvalue weighted by Gasteiger charge is 2.04. The van der Waals surface area contributed by atoms with E-state index in [0.29, 0.717) is 0 Å². The van der Waals surface area contributed by atoms with Crippen LogP contribution in [0.4, 0.5) is 0 Å². The van der Waals surface area contributed by atoms with Crippen molar-refractivity contribution in [3.8, 4) is 11.8 Å². The average molecular weight is 373 g/mol. The summed E-state index contributed by atoms with van der Waals surface area (Å²) in [6, 6.07) is 30.4. The molecule has 5 rings (SSSR count). The first-order valence-corrected chi connectivity index (χ1v) is 9.61. The summed E-state index contributed by atoms with van der Waals surface area (Å²) in [6.07, 6.45) is 0. The Labute approximate surface area is 172 Å². The second-order valence-electron chi connectivity index (χ2n) is 7.51. The van der Waals surface area contributed by atoms with E-state index in [1.54, 1.807) is 0 Å². The quantitative estimate of drug-likeness (QED) is 0.192. The Morgan fingerprint density at radius 1 is 0.448 bits per heavy atom. The minimum absolute atomic E-state index is 0. The lowest BCUT2D eigenvalue weighted by Gasteiger charge is -2.08. The largest absolute Gasteiger partial charge is 0.0776 e. The van der Waals surface area contributed by atoms with E-state index in [9.17, 15) is 0 Å². The molecule has 0 bridgehead atoms. The molecule has 0 unspecified atom stereocenters. The summed E-state index contributed by atoms with van der Waals surface area (Å²) < 4.78 is 0. The average Bonchev–Trinajstić information content (AvgIpc) is 2.71. The van der Waals surface area contributed by atoms with Crippen LogP contribution < -0.4 is 0 Å². The molecule has 0 aromatic heterocycles. The summed E-state index contributed by atoms with van der Waals surface area (Å²) in [5, 5.41) is 7.65. The van der Waals surface area contributed by atoms with E-state index >= 15 is 0 Å². The molecule has 0 radical (unpaired) electrons. The molecule has 0 atom stereocenters. The fourth-order valence-corrected chi connectivity index (χ4v) is 3.77. The van der Waals surface area contributed by atoms with E-state index in [1.165, 1.54) is 43.4 Å². The van der Waals surface area contributed by atoms with Gasteiger partial charge in [-0.2, -0.15) is 0 Å². The van der Waals surface area contributed by atoms with Crippen LogP contribution in [0.15, 0.2) is 84.9 Å². The van der Waals surface area contributed by atoms with Crippen molar-refractivity contribution in [3.05, 3.63) is 107 Å². The summed E-state index contributed by atoms with van der Waals surface area (Å²) >= 11 is 0. The standard InChI is InChI=1S/C28H20.CH4/c1-19-12-24-16-27-15-23-11-10-22(9-8-21-6-4-3-5-7-21)14-26(23)18-28(27)17-25(24)13-20(19)2;/h3-7,10-18H,1-2H3;1H4. The monoisotopic (exact) mass is 372 g/mol. The minimum atomic E-state index is 0. The molecule has 0 saturated carbocycles. The van der Waals surface area contributed by atoms with Gasteiger partial charge in [0.2, 0.25) is 0 Å². The first-order valence-electron chi connectivity index (χ1n) is 9.61. The van der Waals surface area contributed by atoms with E-state index in [0.717, 1.165) is 11.1 Å². The number of benzene rings is 5. The van der Waals surface area contributed by atoms with Crippen LogP contribution in [-0.2, 0) is 0 Å². The Morgan fingerprint density at radius 3 is 1.55 bits per heavy atom. The number of hydrogen-bond donors (Lipinski definition) is 0. The van der Waals surface area contributed by atoms with Gasteiger partial charge < -0.3 is 0 Å². The highest BCUT2D eigenvalue weighted by molar-refractivity contribution is 6.05. The molecule has 0 amide bonds. The third-order valence-electron chi connectivity index (χ3n) is 5.49. The second kappa shape index (κ2) is 7.46. The number of hydrogen-bond acceptors (Lipinski definition) is 0. The van der Waals surface area contributed by atoms with Crippen molar-refractivity contribution >= 4 is 32.3 Å². The number of aryl methyl sites for hydroxylation is 2. The fourth-order valence-electron chi connectivity index (χ4n) is 3.77. The van der Waals surface area contributed by atoms with E-state index in [-0.39, 0.29) is 7.43 Å². The lowest BCUT2D eigenvalue weighted by molar-refractivity contribution is 1.37. The van der Waals surface area contributed by atoms with Gasteiger partial charge >= 0.3 is 0 Å².